The van der Waals surface area contributed by atoms with Crippen LogP contribution in [0.3, 0.4) is 0 Å². The zero-order valence-corrected chi connectivity index (χ0v) is 17.8. The number of amides is 1. The van der Waals surface area contributed by atoms with Gasteiger partial charge >= 0.3 is 0 Å². The van der Waals surface area contributed by atoms with Crippen molar-refractivity contribution in [1.82, 2.24) is 20.9 Å². The van der Waals surface area contributed by atoms with E-state index in [0.717, 1.165) is 25.4 Å². The number of guanidine groups is 1. The van der Waals surface area contributed by atoms with Crippen LogP contribution in [-0.4, -0.2) is 64.2 Å². The first kappa shape index (κ1) is 22.0. The molecule has 1 heterocycles. The zero-order valence-electron chi connectivity index (χ0n) is 17.8. The van der Waals surface area contributed by atoms with Gasteiger partial charge in [-0.1, -0.05) is 12.1 Å². The van der Waals surface area contributed by atoms with Gasteiger partial charge in [-0.25, -0.2) is 0 Å². The Hall–Kier alpha value is -2.28. The number of likely N-dealkylation sites (tertiary alicyclic amines) is 1. The Morgan fingerprint density at radius 3 is 2.61 bits per heavy atom. The maximum atomic E-state index is 12.0. The molecule has 1 atom stereocenters. The molecule has 1 aromatic carbocycles. The Labute approximate surface area is 168 Å². The predicted octanol–water partition coefficient (Wildman–Crippen LogP) is 1.77. The van der Waals surface area contributed by atoms with Crippen molar-refractivity contribution in [2.75, 3.05) is 47.4 Å². The second-order valence-corrected chi connectivity index (χ2v) is 7.81. The van der Waals surface area contributed by atoms with Crippen molar-refractivity contribution >= 4 is 11.9 Å². The fourth-order valence-electron chi connectivity index (χ4n) is 3.50. The van der Waals surface area contributed by atoms with Crippen LogP contribution in [0.5, 0.6) is 5.75 Å². The molecule has 0 radical (unpaired) electrons. The van der Waals surface area contributed by atoms with Gasteiger partial charge in [-0.2, -0.15) is 0 Å². The van der Waals surface area contributed by atoms with E-state index in [0.29, 0.717) is 12.5 Å². The summed E-state index contributed by atoms with van der Waals surface area (Å²) >= 11 is 0. The number of nitrogens with one attached hydrogen (secondary N) is 3. The van der Waals surface area contributed by atoms with Crippen LogP contribution in [-0.2, 0) is 4.79 Å². The summed E-state index contributed by atoms with van der Waals surface area (Å²) in [5.41, 5.74) is 0.711. The lowest BCUT2D eigenvalue weighted by Gasteiger charge is -2.30. The molecule has 1 aliphatic rings. The second-order valence-electron chi connectivity index (χ2n) is 7.81. The first-order valence-electron chi connectivity index (χ1n) is 9.96. The van der Waals surface area contributed by atoms with Gasteiger partial charge in [0.15, 0.2) is 5.96 Å². The molecule has 28 heavy (non-hydrogen) atoms. The fourth-order valence-corrected chi connectivity index (χ4v) is 3.50. The number of benzene rings is 1. The predicted molar refractivity (Wildman–Crippen MR) is 114 cm³/mol. The number of aliphatic imine (C=N–C) groups is 1. The summed E-state index contributed by atoms with van der Waals surface area (Å²) in [4.78, 5) is 18.8. The van der Waals surface area contributed by atoms with Gasteiger partial charge in [-0.05, 0) is 57.5 Å². The van der Waals surface area contributed by atoms with Crippen molar-refractivity contribution in [3.05, 3.63) is 29.8 Å². The highest BCUT2D eigenvalue weighted by Crippen LogP contribution is 2.27. The molecule has 1 saturated heterocycles. The van der Waals surface area contributed by atoms with Crippen LogP contribution in [0.1, 0.15) is 38.3 Å². The van der Waals surface area contributed by atoms with Gasteiger partial charge in [0.05, 0.1) is 18.6 Å². The van der Waals surface area contributed by atoms with E-state index in [-0.39, 0.29) is 11.9 Å². The summed E-state index contributed by atoms with van der Waals surface area (Å²) in [7, 11) is 5.10. The van der Waals surface area contributed by atoms with E-state index in [1.165, 1.54) is 18.4 Å². The van der Waals surface area contributed by atoms with Crippen molar-refractivity contribution in [3.8, 4) is 5.75 Å². The van der Waals surface area contributed by atoms with E-state index in [1.807, 2.05) is 26.0 Å². The molecule has 0 aromatic heterocycles. The van der Waals surface area contributed by atoms with Crippen molar-refractivity contribution in [1.29, 1.82) is 0 Å². The van der Waals surface area contributed by atoms with E-state index >= 15 is 0 Å². The van der Waals surface area contributed by atoms with Crippen LogP contribution in [0.2, 0.25) is 0 Å². The summed E-state index contributed by atoms with van der Waals surface area (Å²) in [6.45, 7) is 7.25. The molecular formula is C21H35N5O2. The van der Waals surface area contributed by atoms with Crippen LogP contribution in [0, 0.1) is 5.41 Å². The number of ether oxygens (including phenoxy) is 1. The molecule has 7 heteroatoms. The highest BCUT2D eigenvalue weighted by molar-refractivity contribution is 5.84. The summed E-state index contributed by atoms with van der Waals surface area (Å²) < 4.78 is 5.41. The molecule has 0 spiro atoms. The number of hydrogen-bond donors (Lipinski definition) is 3. The van der Waals surface area contributed by atoms with Crippen LogP contribution >= 0.6 is 0 Å². The molecule has 2 rings (SSSR count). The van der Waals surface area contributed by atoms with Crippen molar-refractivity contribution in [2.24, 2.45) is 10.4 Å². The smallest absolute Gasteiger partial charge is 0.227 e. The summed E-state index contributed by atoms with van der Waals surface area (Å²) in [5.74, 6) is 1.57. The first-order chi connectivity index (χ1) is 13.4. The quantitative estimate of drug-likeness (QED) is 0.467. The van der Waals surface area contributed by atoms with Gasteiger partial charge < -0.3 is 20.7 Å². The Kier molecular flexibility index (Phi) is 8.11. The van der Waals surface area contributed by atoms with Gasteiger partial charge in [0.1, 0.15) is 5.75 Å². The van der Waals surface area contributed by atoms with Crippen molar-refractivity contribution in [3.63, 3.8) is 0 Å². The van der Waals surface area contributed by atoms with Crippen LogP contribution in [0.4, 0.5) is 0 Å². The molecule has 1 fully saturated rings. The SMILES string of the molecule is CN=C(NCC(c1cccc(OC)c1)N1CCCC1)NCC(C)(C)C(=O)NC. The lowest BCUT2D eigenvalue weighted by atomic mass is 9.92. The lowest BCUT2D eigenvalue weighted by molar-refractivity contribution is -0.128. The molecule has 1 amide bonds. The average molecular weight is 390 g/mol. The first-order valence-corrected chi connectivity index (χ1v) is 9.96. The third-order valence-corrected chi connectivity index (χ3v) is 5.29. The highest BCUT2D eigenvalue weighted by Gasteiger charge is 2.27. The number of hydrogen-bond acceptors (Lipinski definition) is 4. The summed E-state index contributed by atoms with van der Waals surface area (Å²) in [5, 5.41) is 9.43. The minimum atomic E-state index is -0.520. The Bertz CT molecular complexity index is 669. The molecule has 3 N–H and O–H groups in total. The van der Waals surface area contributed by atoms with Gasteiger partial charge in [0.25, 0.3) is 0 Å². The molecule has 1 unspecified atom stereocenters. The van der Waals surface area contributed by atoms with Crippen LogP contribution in [0.15, 0.2) is 29.3 Å². The maximum Gasteiger partial charge on any atom is 0.227 e. The molecular weight excluding hydrogens is 354 g/mol. The lowest BCUT2D eigenvalue weighted by Crippen LogP contribution is -2.48. The molecule has 0 saturated carbocycles. The van der Waals surface area contributed by atoms with E-state index in [1.54, 1.807) is 21.2 Å². The fraction of sp³-hybridized carbons (Fsp3) is 0.619. The largest absolute Gasteiger partial charge is 0.497 e. The number of carbonyl (C=O) groups excluding carboxylic acids is 1. The van der Waals surface area contributed by atoms with Gasteiger partial charge in [-0.15, -0.1) is 0 Å². The number of rotatable bonds is 8. The third kappa shape index (κ3) is 5.86. The van der Waals surface area contributed by atoms with E-state index in [9.17, 15) is 4.79 Å². The normalized spacial score (nSPS) is 16.5. The Balaban J connectivity index is 2.04. The molecule has 7 nitrogen and oxygen atoms in total. The Morgan fingerprint density at radius 2 is 2.00 bits per heavy atom. The van der Waals surface area contributed by atoms with Gasteiger partial charge in [-0.3, -0.25) is 14.7 Å². The van der Waals surface area contributed by atoms with Gasteiger partial charge in [0.2, 0.25) is 5.91 Å². The number of methoxy groups -OCH3 is 1. The third-order valence-electron chi connectivity index (χ3n) is 5.29. The summed E-state index contributed by atoms with van der Waals surface area (Å²) in [6.07, 6.45) is 2.46. The number of carbonyl (C=O) groups is 1. The zero-order chi connectivity index (χ0) is 20.6. The van der Waals surface area contributed by atoms with Gasteiger partial charge in [0, 0.05) is 27.2 Å². The molecule has 156 valence electrons. The van der Waals surface area contributed by atoms with E-state index in [4.69, 9.17) is 4.74 Å². The molecule has 1 aromatic rings. The molecule has 0 aliphatic carbocycles. The van der Waals surface area contributed by atoms with Crippen molar-refractivity contribution in [2.45, 2.75) is 32.7 Å². The van der Waals surface area contributed by atoms with Crippen LogP contribution < -0.4 is 20.7 Å². The summed E-state index contributed by atoms with van der Waals surface area (Å²) in [6, 6.07) is 8.51. The van der Waals surface area contributed by atoms with E-state index < -0.39 is 5.41 Å². The monoisotopic (exact) mass is 389 g/mol. The highest BCUT2D eigenvalue weighted by atomic mass is 16.5. The number of nitrogens with zero attached hydrogens (tertiary/aromatic N) is 2. The minimum Gasteiger partial charge on any atom is -0.497 e. The Morgan fingerprint density at radius 1 is 1.29 bits per heavy atom. The van der Waals surface area contributed by atoms with Crippen molar-refractivity contribution < 1.29 is 9.53 Å². The topological polar surface area (TPSA) is 78.0 Å². The molecule has 1 aliphatic heterocycles. The standard InChI is InChI=1S/C21H35N5O2/c1-21(2,19(27)22-3)15-25-20(23-4)24-14-18(26-11-6-7-12-26)16-9-8-10-17(13-16)28-5/h8-10,13,18H,6-7,11-12,14-15H2,1-5H3,(H,22,27)(H2,23,24,25). The maximum absolute atomic E-state index is 12.0. The minimum absolute atomic E-state index is 0.00165. The van der Waals surface area contributed by atoms with E-state index in [2.05, 4.69) is 38.0 Å². The van der Waals surface area contributed by atoms with Crippen LogP contribution in [0.25, 0.3) is 0 Å². The molecule has 0 bridgehead atoms. The second kappa shape index (κ2) is 10.3. The average Bonchev–Trinajstić information content (AvgIpc) is 3.24.